The van der Waals surface area contributed by atoms with E-state index in [0.29, 0.717) is 12.0 Å². The highest BCUT2D eigenvalue weighted by atomic mass is 16.5. The maximum absolute atomic E-state index is 5.12. The van der Waals surface area contributed by atoms with Crippen LogP contribution in [0.15, 0.2) is 24.3 Å². The van der Waals surface area contributed by atoms with Crippen LogP contribution in [-0.2, 0) is 0 Å². The molecule has 0 aliphatic carbocycles. The third-order valence-corrected chi connectivity index (χ3v) is 2.69. The van der Waals surface area contributed by atoms with E-state index in [1.807, 2.05) is 12.1 Å². The number of hydrogen-bond acceptors (Lipinski definition) is 2. The fraction of sp³-hybridized carbons (Fsp3) is 0.538. The summed E-state index contributed by atoms with van der Waals surface area (Å²) in [6.45, 7) is 6.69. The molecule has 0 unspecified atom stereocenters. The summed E-state index contributed by atoms with van der Waals surface area (Å²) in [5.74, 6) is 1.55. The maximum atomic E-state index is 5.12. The molecule has 1 N–H and O–H groups in total. The van der Waals surface area contributed by atoms with Gasteiger partial charge in [-0.3, -0.25) is 0 Å². The lowest BCUT2D eigenvalue weighted by molar-refractivity contribution is 0.415. The molecule has 0 aliphatic rings. The SMILES string of the molecule is CC[C@H](Nc1ccc(OC)cc1)C(C)C. The summed E-state index contributed by atoms with van der Waals surface area (Å²) >= 11 is 0. The van der Waals surface area contributed by atoms with Gasteiger partial charge < -0.3 is 10.1 Å². The van der Waals surface area contributed by atoms with Crippen molar-refractivity contribution in [3.63, 3.8) is 0 Å². The summed E-state index contributed by atoms with van der Waals surface area (Å²) in [5.41, 5.74) is 1.16. The second-order valence-corrected chi connectivity index (χ2v) is 4.13. The van der Waals surface area contributed by atoms with Crippen molar-refractivity contribution in [1.29, 1.82) is 0 Å². The predicted molar refractivity (Wildman–Crippen MR) is 65.5 cm³/mol. The Morgan fingerprint density at radius 1 is 1.20 bits per heavy atom. The van der Waals surface area contributed by atoms with Crippen molar-refractivity contribution in [1.82, 2.24) is 0 Å². The van der Waals surface area contributed by atoms with E-state index in [2.05, 4.69) is 38.2 Å². The van der Waals surface area contributed by atoms with Crippen molar-refractivity contribution in [2.24, 2.45) is 5.92 Å². The van der Waals surface area contributed by atoms with Crippen molar-refractivity contribution in [3.8, 4) is 5.75 Å². The van der Waals surface area contributed by atoms with Crippen molar-refractivity contribution in [3.05, 3.63) is 24.3 Å². The molecule has 1 aromatic carbocycles. The van der Waals surface area contributed by atoms with Crippen molar-refractivity contribution in [2.45, 2.75) is 33.2 Å². The molecule has 0 saturated carbocycles. The topological polar surface area (TPSA) is 21.3 Å². The first-order valence-corrected chi connectivity index (χ1v) is 5.58. The van der Waals surface area contributed by atoms with E-state index in [-0.39, 0.29) is 0 Å². The maximum Gasteiger partial charge on any atom is 0.119 e. The van der Waals surface area contributed by atoms with Crippen LogP contribution in [0.4, 0.5) is 5.69 Å². The Labute approximate surface area is 92.6 Å². The molecule has 1 aromatic rings. The highest BCUT2D eigenvalue weighted by Crippen LogP contribution is 2.18. The van der Waals surface area contributed by atoms with Crippen LogP contribution in [0.2, 0.25) is 0 Å². The van der Waals surface area contributed by atoms with Gasteiger partial charge >= 0.3 is 0 Å². The molecule has 0 spiro atoms. The molecule has 0 aromatic heterocycles. The standard InChI is InChI=1S/C13H21NO/c1-5-13(10(2)3)14-11-6-8-12(15-4)9-7-11/h6-10,13-14H,5H2,1-4H3/t13-/m0/s1. The molecular weight excluding hydrogens is 186 g/mol. The highest BCUT2D eigenvalue weighted by molar-refractivity contribution is 5.47. The van der Waals surface area contributed by atoms with E-state index in [0.717, 1.165) is 17.9 Å². The fourth-order valence-electron chi connectivity index (χ4n) is 1.64. The summed E-state index contributed by atoms with van der Waals surface area (Å²) < 4.78 is 5.12. The Hall–Kier alpha value is -1.18. The minimum absolute atomic E-state index is 0.540. The van der Waals surface area contributed by atoms with Crippen LogP contribution in [0.5, 0.6) is 5.75 Å². The van der Waals surface area contributed by atoms with Gasteiger partial charge in [0.2, 0.25) is 0 Å². The Kier molecular flexibility index (Phi) is 4.47. The summed E-state index contributed by atoms with van der Waals surface area (Å²) in [6, 6.07) is 8.62. The molecule has 0 saturated heterocycles. The number of methoxy groups -OCH3 is 1. The lowest BCUT2D eigenvalue weighted by atomic mass is 10.0. The molecule has 0 heterocycles. The van der Waals surface area contributed by atoms with Crippen LogP contribution < -0.4 is 10.1 Å². The minimum Gasteiger partial charge on any atom is -0.497 e. The molecule has 1 rings (SSSR count). The van der Waals surface area contributed by atoms with Gasteiger partial charge in [-0.2, -0.15) is 0 Å². The molecule has 0 fully saturated rings. The van der Waals surface area contributed by atoms with E-state index in [4.69, 9.17) is 4.74 Å². The number of nitrogens with one attached hydrogen (secondary N) is 1. The average molecular weight is 207 g/mol. The van der Waals surface area contributed by atoms with Crippen molar-refractivity contribution >= 4 is 5.69 Å². The Bertz CT molecular complexity index is 279. The number of ether oxygens (including phenoxy) is 1. The molecule has 15 heavy (non-hydrogen) atoms. The van der Waals surface area contributed by atoms with Gasteiger partial charge in [-0.1, -0.05) is 20.8 Å². The van der Waals surface area contributed by atoms with Gasteiger partial charge in [-0.15, -0.1) is 0 Å². The lowest BCUT2D eigenvalue weighted by Crippen LogP contribution is -2.24. The number of benzene rings is 1. The van der Waals surface area contributed by atoms with Crippen LogP contribution >= 0.6 is 0 Å². The van der Waals surface area contributed by atoms with Crippen LogP contribution in [0.3, 0.4) is 0 Å². The molecule has 0 radical (unpaired) electrons. The lowest BCUT2D eigenvalue weighted by Gasteiger charge is -2.22. The molecule has 0 aliphatic heterocycles. The third kappa shape index (κ3) is 3.46. The summed E-state index contributed by atoms with van der Waals surface area (Å²) in [4.78, 5) is 0. The quantitative estimate of drug-likeness (QED) is 0.797. The molecule has 2 heteroatoms. The zero-order chi connectivity index (χ0) is 11.3. The average Bonchev–Trinajstić information content (AvgIpc) is 2.26. The molecule has 2 nitrogen and oxygen atoms in total. The monoisotopic (exact) mass is 207 g/mol. The molecule has 1 atom stereocenters. The Balaban J connectivity index is 2.63. The van der Waals surface area contributed by atoms with Crippen LogP contribution in [0.1, 0.15) is 27.2 Å². The first-order chi connectivity index (χ1) is 7.17. The highest BCUT2D eigenvalue weighted by Gasteiger charge is 2.09. The zero-order valence-corrected chi connectivity index (χ0v) is 10.1. The predicted octanol–water partition coefficient (Wildman–Crippen LogP) is 3.54. The van der Waals surface area contributed by atoms with Gasteiger partial charge in [0.25, 0.3) is 0 Å². The number of anilines is 1. The van der Waals surface area contributed by atoms with E-state index in [9.17, 15) is 0 Å². The number of hydrogen-bond donors (Lipinski definition) is 1. The van der Waals surface area contributed by atoms with Gasteiger partial charge in [-0.25, -0.2) is 0 Å². The molecule has 0 amide bonds. The summed E-state index contributed by atoms with van der Waals surface area (Å²) in [6.07, 6.45) is 1.14. The Morgan fingerprint density at radius 3 is 2.20 bits per heavy atom. The van der Waals surface area contributed by atoms with Gasteiger partial charge in [-0.05, 0) is 36.6 Å². The minimum atomic E-state index is 0.540. The first kappa shape index (κ1) is 11.9. The largest absolute Gasteiger partial charge is 0.497 e. The van der Waals surface area contributed by atoms with Crippen molar-refractivity contribution in [2.75, 3.05) is 12.4 Å². The summed E-state index contributed by atoms with van der Waals surface area (Å²) in [5, 5.41) is 3.52. The molecule has 84 valence electrons. The Morgan fingerprint density at radius 2 is 1.80 bits per heavy atom. The van der Waals surface area contributed by atoms with Crippen molar-refractivity contribution < 1.29 is 4.74 Å². The second kappa shape index (κ2) is 5.64. The number of rotatable bonds is 5. The second-order valence-electron chi connectivity index (χ2n) is 4.13. The van der Waals surface area contributed by atoms with Crippen LogP contribution in [-0.4, -0.2) is 13.2 Å². The van der Waals surface area contributed by atoms with Gasteiger partial charge in [0, 0.05) is 11.7 Å². The third-order valence-electron chi connectivity index (χ3n) is 2.69. The van der Waals surface area contributed by atoms with E-state index < -0.39 is 0 Å². The van der Waals surface area contributed by atoms with Gasteiger partial charge in [0.05, 0.1) is 7.11 Å². The van der Waals surface area contributed by atoms with Crippen LogP contribution in [0, 0.1) is 5.92 Å². The zero-order valence-electron chi connectivity index (χ0n) is 10.1. The van der Waals surface area contributed by atoms with E-state index in [1.165, 1.54) is 0 Å². The van der Waals surface area contributed by atoms with Gasteiger partial charge in [0.15, 0.2) is 0 Å². The summed E-state index contributed by atoms with van der Waals surface area (Å²) in [7, 11) is 1.69. The van der Waals surface area contributed by atoms with Crippen LogP contribution in [0.25, 0.3) is 0 Å². The first-order valence-electron chi connectivity index (χ1n) is 5.58. The van der Waals surface area contributed by atoms with E-state index >= 15 is 0 Å². The fourth-order valence-corrected chi connectivity index (χ4v) is 1.64. The smallest absolute Gasteiger partial charge is 0.119 e. The molecular formula is C13H21NO. The normalized spacial score (nSPS) is 12.6. The van der Waals surface area contributed by atoms with E-state index in [1.54, 1.807) is 7.11 Å². The molecule has 0 bridgehead atoms. The van der Waals surface area contributed by atoms with Gasteiger partial charge in [0.1, 0.15) is 5.75 Å².